The highest BCUT2D eigenvalue weighted by atomic mass is 16.7. The first kappa shape index (κ1) is 46.5. The van der Waals surface area contributed by atoms with Gasteiger partial charge in [-0.05, 0) is 24.8 Å². The predicted molar refractivity (Wildman–Crippen MR) is 177 cm³/mol. The highest BCUT2D eigenvalue weighted by molar-refractivity contribution is 5.85. The molecule has 0 spiro atoms. The maximum absolute atomic E-state index is 12.8. The van der Waals surface area contributed by atoms with Crippen molar-refractivity contribution >= 4 is 17.8 Å². The van der Waals surface area contributed by atoms with Crippen molar-refractivity contribution in [3.63, 3.8) is 0 Å². The molecule has 1 heterocycles. The minimum atomic E-state index is -4.18. The molecule has 16 nitrogen and oxygen atoms in total. The summed E-state index contributed by atoms with van der Waals surface area (Å²) in [4.78, 5) is 34.0. The normalized spacial score (nSPS) is 16.3. The van der Waals surface area contributed by atoms with Crippen LogP contribution < -0.4 is 16.4 Å². The Kier molecular flexibility index (Phi) is 20.3. The topological polar surface area (TPSA) is 287 Å². The number of aliphatic hydroxyl groups is 9. The molecule has 2 aromatic rings. The van der Waals surface area contributed by atoms with Crippen LogP contribution >= 0.6 is 0 Å². The fourth-order valence-corrected chi connectivity index (χ4v) is 4.01. The largest absolute Gasteiger partial charge is 0.393 e. The first-order chi connectivity index (χ1) is 22.7. The predicted octanol–water partition coefficient (Wildman–Crippen LogP) is -1.92. The van der Waals surface area contributed by atoms with Gasteiger partial charge in [-0.3, -0.25) is 19.8 Å². The molecule has 49 heavy (non-hydrogen) atoms. The fourth-order valence-electron chi connectivity index (χ4n) is 4.01. The first-order valence-corrected chi connectivity index (χ1v) is 14.6. The second-order valence-corrected chi connectivity index (χ2v) is 10.4. The molecule has 0 aromatic heterocycles. The average Bonchev–Trinajstić information content (AvgIpc) is 3.04. The van der Waals surface area contributed by atoms with Gasteiger partial charge in [0.05, 0.1) is 12.1 Å². The van der Waals surface area contributed by atoms with Crippen molar-refractivity contribution in [2.75, 3.05) is 6.54 Å². The molecule has 0 unspecified atom stereocenters. The lowest BCUT2D eigenvalue weighted by Crippen LogP contribution is -2.85. The van der Waals surface area contributed by atoms with E-state index in [9.17, 15) is 60.3 Å². The van der Waals surface area contributed by atoms with Crippen LogP contribution in [-0.2, 0) is 21.8 Å². The van der Waals surface area contributed by atoms with Gasteiger partial charge in [0.2, 0.25) is 17.6 Å². The zero-order chi connectivity index (χ0) is 38.6. The number of aryl methyl sites for hydroxylation is 1. The molecule has 0 saturated carbocycles. The van der Waals surface area contributed by atoms with Crippen LogP contribution in [0.5, 0.6) is 0 Å². The second-order valence-electron chi connectivity index (χ2n) is 10.4. The van der Waals surface area contributed by atoms with Gasteiger partial charge in [-0.2, -0.15) is 0 Å². The summed E-state index contributed by atoms with van der Waals surface area (Å²) in [6, 6.07) is 13.2. The number of carbonyl (C=O) groups is 3. The van der Waals surface area contributed by atoms with Gasteiger partial charge >= 0.3 is 23.6 Å². The van der Waals surface area contributed by atoms with E-state index in [-0.39, 0.29) is 22.8 Å². The molecule has 13 N–H and O–H groups in total. The third-order valence-electron chi connectivity index (χ3n) is 6.29. The van der Waals surface area contributed by atoms with Crippen LogP contribution in [-0.4, -0.2) is 105 Å². The number of nitrogens with zero attached hydrogens (tertiary/aromatic N) is 1. The van der Waals surface area contributed by atoms with Crippen molar-refractivity contribution in [1.82, 2.24) is 15.5 Å². The summed E-state index contributed by atoms with van der Waals surface area (Å²) in [7, 11) is 0. The minimum Gasteiger partial charge on any atom is -0.393 e. The van der Waals surface area contributed by atoms with Gasteiger partial charge in [0, 0.05) is 12.5 Å². The van der Waals surface area contributed by atoms with Crippen LogP contribution in [0.15, 0.2) is 60.7 Å². The maximum atomic E-state index is 12.8. The lowest BCUT2D eigenvalue weighted by molar-refractivity contribution is -0.493. The molecule has 1 aliphatic rings. The molecule has 16 heteroatoms. The molecule has 0 radical (unpaired) electrons. The number of hydrogen-bond donors (Lipinski definition) is 12. The Morgan fingerprint density at radius 1 is 0.918 bits per heavy atom. The zero-order valence-corrected chi connectivity index (χ0v) is 27.5. The van der Waals surface area contributed by atoms with Gasteiger partial charge < -0.3 is 57.0 Å². The number of amides is 4. The molecule has 2 aromatic carbocycles. The number of nitrogens with two attached hydrogens (primary N) is 1. The smallest absolute Gasteiger partial charge is 0.326 e. The van der Waals surface area contributed by atoms with Crippen molar-refractivity contribution < 1.29 is 60.3 Å². The van der Waals surface area contributed by atoms with Crippen molar-refractivity contribution in [1.29, 1.82) is 0 Å². The lowest BCUT2D eigenvalue weighted by atomic mass is 9.91. The molecule has 4 amide bonds. The van der Waals surface area contributed by atoms with Gasteiger partial charge in [-0.15, -0.1) is 25.7 Å². The Bertz CT molecular complexity index is 1310. The van der Waals surface area contributed by atoms with Crippen molar-refractivity contribution in [2.45, 2.75) is 82.0 Å². The SMILES string of the molecule is C#C.C#C.CC(N)=O.CCC.O=C(CN1C(=O)NC(O)(O)C(O)(O)C1(O)O)N[C@H](C[C@H](O)CCc1ccccc1)C(O)(O)c1ccccc1. The van der Waals surface area contributed by atoms with E-state index in [2.05, 4.69) is 50.6 Å². The number of nitrogens with one attached hydrogen (secondary N) is 2. The van der Waals surface area contributed by atoms with E-state index in [0.717, 1.165) is 5.56 Å². The summed E-state index contributed by atoms with van der Waals surface area (Å²) in [5.74, 6) is -16.5. The van der Waals surface area contributed by atoms with Gasteiger partial charge in [-0.25, -0.2) is 4.79 Å². The van der Waals surface area contributed by atoms with Crippen molar-refractivity contribution in [3.8, 4) is 25.7 Å². The van der Waals surface area contributed by atoms with Crippen LogP contribution in [0.25, 0.3) is 0 Å². The summed E-state index contributed by atoms with van der Waals surface area (Å²) in [6.45, 7) is 4.24. The Morgan fingerprint density at radius 2 is 1.35 bits per heavy atom. The number of urea groups is 1. The van der Waals surface area contributed by atoms with E-state index >= 15 is 0 Å². The molecule has 2 atom stereocenters. The third kappa shape index (κ3) is 13.8. The molecule has 1 saturated heterocycles. The Balaban J connectivity index is 0. The van der Waals surface area contributed by atoms with Gasteiger partial charge in [0.15, 0.2) is 0 Å². The van der Waals surface area contributed by atoms with E-state index in [1.807, 2.05) is 30.3 Å². The molecular formula is C33H48N4O12. The Morgan fingerprint density at radius 3 is 1.80 bits per heavy atom. The Hall–Kier alpha value is -4.59. The first-order valence-electron chi connectivity index (χ1n) is 14.6. The maximum Gasteiger partial charge on any atom is 0.326 e. The molecule has 1 aliphatic heterocycles. The molecule has 1 fully saturated rings. The van der Waals surface area contributed by atoms with Crippen LogP contribution in [0.3, 0.4) is 0 Å². The number of terminal acetylenes is 2. The number of hydrogen-bond acceptors (Lipinski definition) is 12. The van der Waals surface area contributed by atoms with E-state index in [1.54, 1.807) is 6.07 Å². The van der Waals surface area contributed by atoms with Crippen LogP contribution in [0.2, 0.25) is 0 Å². The van der Waals surface area contributed by atoms with Crippen molar-refractivity contribution in [2.24, 2.45) is 5.73 Å². The third-order valence-corrected chi connectivity index (χ3v) is 6.29. The Labute approximate surface area is 285 Å². The summed E-state index contributed by atoms with van der Waals surface area (Å²) in [5, 5.41) is 94.9. The average molecular weight is 693 g/mol. The summed E-state index contributed by atoms with van der Waals surface area (Å²) >= 11 is 0. The van der Waals surface area contributed by atoms with E-state index in [1.165, 1.54) is 42.9 Å². The van der Waals surface area contributed by atoms with Crippen molar-refractivity contribution in [3.05, 3.63) is 71.8 Å². The van der Waals surface area contributed by atoms with Gasteiger partial charge in [0.1, 0.15) is 6.54 Å². The number of primary amides is 1. The number of aliphatic hydroxyl groups excluding tert-OH is 1. The highest BCUT2D eigenvalue weighted by Gasteiger charge is 2.70. The minimum absolute atomic E-state index is 0.0509. The van der Waals surface area contributed by atoms with Gasteiger partial charge in [-0.1, -0.05) is 80.9 Å². The van der Waals surface area contributed by atoms with Crippen LogP contribution in [0.1, 0.15) is 51.2 Å². The zero-order valence-electron chi connectivity index (χ0n) is 27.5. The monoisotopic (exact) mass is 692 g/mol. The quantitative estimate of drug-likeness (QED) is 0.0959. The molecule has 0 aliphatic carbocycles. The summed E-state index contributed by atoms with van der Waals surface area (Å²) < 4.78 is 0. The summed E-state index contributed by atoms with van der Waals surface area (Å²) in [6.07, 6.45) is 16.3. The number of rotatable bonds is 10. The molecule has 3 rings (SSSR count). The van der Waals surface area contributed by atoms with Crippen LogP contribution in [0.4, 0.5) is 4.79 Å². The number of carbonyl (C=O) groups excluding carboxylic acids is 3. The molecule has 0 bridgehead atoms. The van der Waals surface area contributed by atoms with E-state index in [4.69, 9.17) is 0 Å². The summed E-state index contributed by atoms with van der Waals surface area (Å²) in [5.41, 5.74) is 5.33. The standard InChI is InChI=1S/C24H31N3O11.C3H8.C2H5NO.2C2H2/c28-17(12-11-15-7-3-1-4-8-15)13-18(21(31,32)16-9-5-2-6-10-16)25-19(29)14-27-20(30)26-23(35,36)22(33,34)24(27,37)38;1-3-2;1-2(3)4;2*1-2/h1-10,17-18,28,31-38H,11-14H2,(H,25,29)(H,26,30);3H2,1-2H3;1H3,(H2,3,4);2*1-2H/t17-,18-;;;;/m1..../s1. The lowest BCUT2D eigenvalue weighted by Gasteiger charge is -2.50. The highest BCUT2D eigenvalue weighted by Crippen LogP contribution is 2.33. The molecule has 272 valence electrons. The number of benzene rings is 2. The van der Waals surface area contributed by atoms with Crippen LogP contribution in [0, 0.1) is 25.7 Å². The second kappa shape index (κ2) is 21.4. The molecular weight excluding hydrogens is 644 g/mol. The van der Waals surface area contributed by atoms with E-state index in [0.29, 0.717) is 6.42 Å². The van der Waals surface area contributed by atoms with Gasteiger partial charge in [0.25, 0.3) is 0 Å². The fraction of sp³-hybridized carbons (Fsp3) is 0.424. The van der Waals surface area contributed by atoms with E-state index < -0.39 is 60.4 Å².